The van der Waals surface area contributed by atoms with Gasteiger partial charge >= 0.3 is 6.18 Å². The molecule has 0 saturated carbocycles. The molecule has 1 aliphatic carbocycles. The topological polar surface area (TPSA) is 81.9 Å². The van der Waals surface area contributed by atoms with Crippen LogP contribution >= 0.6 is 0 Å². The zero-order valence-corrected chi connectivity index (χ0v) is 19.6. The minimum Gasteiger partial charge on any atom is -0.463 e. The van der Waals surface area contributed by atoms with E-state index in [1.165, 1.54) is 16.7 Å². The Kier molecular flexibility index (Phi) is 6.34. The summed E-state index contributed by atoms with van der Waals surface area (Å²) in [6.45, 7) is 0.557. The first-order valence-electron chi connectivity index (χ1n) is 11.7. The Balaban J connectivity index is 1.38. The largest absolute Gasteiger partial charge is 0.463 e. The number of halogens is 3. The zero-order valence-electron chi connectivity index (χ0n) is 19.6. The molecule has 0 saturated heterocycles. The van der Waals surface area contributed by atoms with Gasteiger partial charge < -0.3 is 10.1 Å². The van der Waals surface area contributed by atoms with Gasteiger partial charge in [-0.15, -0.1) is 0 Å². The Morgan fingerprint density at radius 2 is 1.83 bits per heavy atom. The summed E-state index contributed by atoms with van der Waals surface area (Å²) in [4.78, 5) is 25.4. The minimum atomic E-state index is -4.43. The van der Waals surface area contributed by atoms with E-state index in [1.807, 2.05) is 0 Å². The van der Waals surface area contributed by atoms with Crippen LogP contribution in [0, 0.1) is 0 Å². The molecule has 0 radical (unpaired) electrons. The van der Waals surface area contributed by atoms with Crippen LogP contribution in [0.1, 0.15) is 29.7 Å². The number of rotatable bonds is 6. The number of anilines is 1. The fourth-order valence-corrected chi connectivity index (χ4v) is 4.44. The van der Waals surface area contributed by atoms with Crippen LogP contribution in [0.4, 0.5) is 18.9 Å². The maximum absolute atomic E-state index is 13.3. The summed E-state index contributed by atoms with van der Waals surface area (Å²) in [7, 11) is 1.58. The number of ether oxygens (including phenoxy) is 1. The lowest BCUT2D eigenvalue weighted by Crippen LogP contribution is -2.22. The third-order valence-electron chi connectivity index (χ3n) is 6.30. The number of aryl methyl sites for hydroxylation is 1. The molecule has 0 aliphatic heterocycles. The van der Waals surface area contributed by atoms with E-state index in [4.69, 9.17) is 4.74 Å². The molecular weight excluding hydrogens is 471 g/mol. The van der Waals surface area contributed by atoms with Crippen molar-refractivity contribution in [3.8, 4) is 17.3 Å². The Labute approximate surface area is 205 Å². The number of pyridine rings is 2. The van der Waals surface area contributed by atoms with Crippen LogP contribution in [0.3, 0.4) is 0 Å². The summed E-state index contributed by atoms with van der Waals surface area (Å²) in [5.41, 5.74) is 3.26. The molecule has 1 aromatic carbocycles. The maximum atomic E-state index is 13.3. The van der Waals surface area contributed by atoms with Gasteiger partial charge in [0.25, 0.3) is 11.6 Å². The summed E-state index contributed by atoms with van der Waals surface area (Å²) in [6.07, 6.45) is 2.32. The van der Waals surface area contributed by atoms with Gasteiger partial charge in [0.05, 0.1) is 16.8 Å². The quantitative estimate of drug-likeness (QED) is 0.388. The van der Waals surface area contributed by atoms with E-state index in [-0.39, 0.29) is 18.2 Å². The molecule has 0 fully saturated rings. The molecule has 0 amide bonds. The van der Waals surface area contributed by atoms with Crippen LogP contribution in [0.25, 0.3) is 22.2 Å². The molecule has 0 bridgehead atoms. The van der Waals surface area contributed by atoms with Gasteiger partial charge in [-0.25, -0.2) is 0 Å². The predicted octanol–water partition coefficient (Wildman–Crippen LogP) is 4.78. The minimum absolute atomic E-state index is 0.174. The van der Waals surface area contributed by atoms with Gasteiger partial charge in [0.1, 0.15) is 6.61 Å². The Hall–Kier alpha value is -3.95. The normalized spacial score (nSPS) is 13.4. The number of aromatic nitrogens is 4. The molecule has 1 aliphatic rings. The van der Waals surface area contributed by atoms with Crippen LogP contribution in [0.5, 0.6) is 6.01 Å². The summed E-state index contributed by atoms with van der Waals surface area (Å²) in [5, 5.41) is 4.00. The number of alkyl halides is 3. The highest BCUT2D eigenvalue weighted by molar-refractivity contribution is 5.94. The highest BCUT2D eigenvalue weighted by Gasteiger charge is 2.31. The standard InChI is InChI=1S/C26H24F3N5O2/c1-34-23(35)15-21(16-8-10-30-11-9-16)33-25(34)36-13-12-31-24-18-4-2-3-5-20(18)32-22-14-17(26(27,28)29)6-7-19(22)24/h6-11,14-15H,2-5,12-13H2,1H3,(H,31,32). The van der Waals surface area contributed by atoms with Gasteiger partial charge in [-0.2, -0.15) is 18.2 Å². The fourth-order valence-electron chi connectivity index (χ4n) is 4.44. The van der Waals surface area contributed by atoms with Gasteiger partial charge in [-0.1, -0.05) is 6.07 Å². The van der Waals surface area contributed by atoms with E-state index in [9.17, 15) is 18.0 Å². The van der Waals surface area contributed by atoms with Crippen molar-refractivity contribution in [2.45, 2.75) is 31.9 Å². The molecule has 0 spiro atoms. The van der Waals surface area contributed by atoms with Crippen molar-refractivity contribution in [1.29, 1.82) is 0 Å². The molecule has 5 rings (SSSR count). The molecule has 0 atom stereocenters. The second-order valence-electron chi connectivity index (χ2n) is 8.68. The lowest BCUT2D eigenvalue weighted by atomic mass is 9.92. The molecular formula is C26H24F3N5O2. The second kappa shape index (κ2) is 9.60. The molecule has 4 aromatic rings. The second-order valence-corrected chi connectivity index (χ2v) is 8.68. The van der Waals surface area contributed by atoms with Crippen molar-refractivity contribution < 1.29 is 17.9 Å². The van der Waals surface area contributed by atoms with Gasteiger partial charge in [0, 0.05) is 54.4 Å². The Bertz CT molecular complexity index is 1470. The third-order valence-corrected chi connectivity index (χ3v) is 6.30. The van der Waals surface area contributed by atoms with Crippen molar-refractivity contribution in [3.63, 3.8) is 0 Å². The van der Waals surface area contributed by atoms with Gasteiger partial charge in [-0.05, 0) is 55.5 Å². The van der Waals surface area contributed by atoms with Crippen molar-refractivity contribution in [2.75, 3.05) is 18.5 Å². The Morgan fingerprint density at radius 1 is 1.06 bits per heavy atom. The van der Waals surface area contributed by atoms with Crippen LogP contribution in [-0.4, -0.2) is 32.7 Å². The number of hydrogen-bond donors (Lipinski definition) is 1. The van der Waals surface area contributed by atoms with Crippen LogP contribution in [0.2, 0.25) is 0 Å². The number of nitrogens with zero attached hydrogens (tertiary/aromatic N) is 4. The maximum Gasteiger partial charge on any atom is 0.416 e. The summed E-state index contributed by atoms with van der Waals surface area (Å²) in [5.74, 6) is 0. The van der Waals surface area contributed by atoms with E-state index in [1.54, 1.807) is 31.6 Å². The molecule has 3 aromatic heterocycles. The molecule has 7 nitrogen and oxygen atoms in total. The average molecular weight is 496 g/mol. The smallest absolute Gasteiger partial charge is 0.416 e. The third kappa shape index (κ3) is 4.75. The average Bonchev–Trinajstić information content (AvgIpc) is 2.87. The molecule has 3 heterocycles. The lowest BCUT2D eigenvalue weighted by Gasteiger charge is -2.22. The SMILES string of the molecule is Cn1c(OCCNc2c3c(nc4cc(C(F)(F)F)ccc24)CCCC3)nc(-c2ccncc2)cc1=O. The number of fused-ring (bicyclic) bond motifs is 2. The van der Waals surface area contributed by atoms with E-state index in [0.29, 0.717) is 23.1 Å². The molecule has 1 N–H and O–H groups in total. The monoisotopic (exact) mass is 495 g/mol. The predicted molar refractivity (Wildman–Crippen MR) is 130 cm³/mol. The van der Waals surface area contributed by atoms with E-state index >= 15 is 0 Å². The van der Waals surface area contributed by atoms with Crippen molar-refractivity contribution in [1.82, 2.24) is 19.5 Å². The molecule has 0 unspecified atom stereocenters. The highest BCUT2D eigenvalue weighted by atomic mass is 19.4. The van der Waals surface area contributed by atoms with Crippen LogP contribution < -0.4 is 15.6 Å². The Morgan fingerprint density at radius 3 is 2.61 bits per heavy atom. The first kappa shape index (κ1) is 23.8. The number of benzene rings is 1. The molecule has 36 heavy (non-hydrogen) atoms. The van der Waals surface area contributed by atoms with Crippen LogP contribution in [-0.2, 0) is 26.1 Å². The van der Waals surface area contributed by atoms with Crippen molar-refractivity contribution in [2.24, 2.45) is 7.05 Å². The first-order chi connectivity index (χ1) is 17.3. The summed E-state index contributed by atoms with van der Waals surface area (Å²) in [6, 6.07) is 8.80. The van der Waals surface area contributed by atoms with Crippen molar-refractivity contribution >= 4 is 16.6 Å². The van der Waals surface area contributed by atoms with Gasteiger partial charge in [0.2, 0.25) is 0 Å². The van der Waals surface area contributed by atoms with Crippen LogP contribution in [0.15, 0.2) is 53.6 Å². The molecule has 186 valence electrons. The lowest BCUT2D eigenvalue weighted by molar-refractivity contribution is -0.137. The van der Waals surface area contributed by atoms with E-state index in [2.05, 4.69) is 20.3 Å². The van der Waals surface area contributed by atoms with E-state index < -0.39 is 11.7 Å². The first-order valence-corrected chi connectivity index (χ1v) is 11.7. The van der Waals surface area contributed by atoms with Gasteiger partial charge in [-0.3, -0.25) is 19.3 Å². The van der Waals surface area contributed by atoms with Crippen molar-refractivity contribution in [3.05, 3.63) is 76.0 Å². The van der Waals surface area contributed by atoms with E-state index in [0.717, 1.165) is 60.3 Å². The van der Waals surface area contributed by atoms with Gasteiger partial charge in [0.15, 0.2) is 0 Å². The fraction of sp³-hybridized carbons (Fsp3) is 0.308. The highest BCUT2D eigenvalue weighted by Crippen LogP contribution is 2.36. The molecule has 10 heteroatoms. The number of nitrogens with one attached hydrogen (secondary N) is 1. The number of hydrogen-bond acceptors (Lipinski definition) is 6. The summed E-state index contributed by atoms with van der Waals surface area (Å²) >= 11 is 0. The summed E-state index contributed by atoms with van der Waals surface area (Å²) < 4.78 is 47.0. The zero-order chi connectivity index (χ0) is 25.3.